The molecule has 0 aromatic carbocycles. The number of hydrogen-bond acceptors (Lipinski definition) is 1. The molecule has 0 aromatic rings. The normalized spacial score (nSPS) is 41.4. The van der Waals surface area contributed by atoms with Crippen molar-refractivity contribution in [1.29, 1.82) is 0 Å². The highest BCUT2D eigenvalue weighted by molar-refractivity contribution is 5.23. The summed E-state index contributed by atoms with van der Waals surface area (Å²) in [5.41, 5.74) is 1.92. The van der Waals surface area contributed by atoms with Crippen LogP contribution in [0.4, 0.5) is 0 Å². The fourth-order valence-electron chi connectivity index (χ4n) is 3.13. The molecule has 2 rings (SSSR count). The van der Waals surface area contributed by atoms with Gasteiger partial charge in [-0.1, -0.05) is 32.4 Å². The summed E-state index contributed by atoms with van der Waals surface area (Å²) in [7, 11) is 0. The number of hydrogen-bond donors (Lipinski definition) is 1. The summed E-state index contributed by atoms with van der Waals surface area (Å²) in [6, 6.07) is 0. The van der Waals surface area contributed by atoms with Crippen molar-refractivity contribution in [2.24, 2.45) is 10.8 Å². The predicted octanol–water partition coefficient (Wildman–Crippen LogP) is 3.28. The van der Waals surface area contributed by atoms with Crippen LogP contribution in [-0.4, -0.2) is 11.2 Å². The Bertz CT molecular complexity index is 264. The van der Waals surface area contributed by atoms with Crippen LogP contribution in [0, 0.1) is 10.8 Å². The third kappa shape index (κ3) is 1.52. The zero-order chi connectivity index (χ0) is 10.4. The number of aliphatic hydroxyl groups is 1. The highest BCUT2D eigenvalue weighted by Crippen LogP contribution is 2.52. The van der Waals surface area contributed by atoms with Crippen LogP contribution in [0.2, 0.25) is 0 Å². The Morgan fingerprint density at radius 1 is 1.36 bits per heavy atom. The van der Waals surface area contributed by atoms with Crippen LogP contribution in [-0.2, 0) is 0 Å². The van der Waals surface area contributed by atoms with Gasteiger partial charge in [-0.3, -0.25) is 0 Å². The van der Waals surface area contributed by atoms with Crippen molar-refractivity contribution in [2.75, 3.05) is 0 Å². The van der Waals surface area contributed by atoms with Crippen molar-refractivity contribution in [1.82, 2.24) is 0 Å². The van der Waals surface area contributed by atoms with Gasteiger partial charge < -0.3 is 5.11 Å². The van der Waals surface area contributed by atoms with Gasteiger partial charge in [0.2, 0.25) is 0 Å². The van der Waals surface area contributed by atoms with Crippen molar-refractivity contribution in [2.45, 2.75) is 59.0 Å². The second-order valence-electron chi connectivity index (χ2n) is 6.10. The van der Waals surface area contributed by atoms with Gasteiger partial charge in [-0.25, -0.2) is 0 Å². The molecule has 0 aromatic heterocycles. The summed E-state index contributed by atoms with van der Waals surface area (Å²) in [6.45, 7) is 6.79. The van der Waals surface area contributed by atoms with E-state index in [1.807, 2.05) is 0 Å². The van der Waals surface area contributed by atoms with Gasteiger partial charge >= 0.3 is 0 Å². The number of aliphatic hydroxyl groups excluding tert-OH is 1. The van der Waals surface area contributed by atoms with Crippen molar-refractivity contribution >= 4 is 0 Å². The van der Waals surface area contributed by atoms with Crippen molar-refractivity contribution in [3.8, 4) is 0 Å². The van der Waals surface area contributed by atoms with Gasteiger partial charge in [-0.05, 0) is 37.5 Å². The largest absolute Gasteiger partial charge is 0.392 e. The summed E-state index contributed by atoms with van der Waals surface area (Å²) >= 11 is 0. The van der Waals surface area contributed by atoms with E-state index in [0.717, 1.165) is 6.42 Å². The van der Waals surface area contributed by atoms with Gasteiger partial charge in [0.05, 0.1) is 6.10 Å². The van der Waals surface area contributed by atoms with Gasteiger partial charge in [0.25, 0.3) is 0 Å². The molecule has 0 amide bonds. The molecule has 0 radical (unpaired) electrons. The maximum Gasteiger partial charge on any atom is 0.0636 e. The molecule has 1 N–H and O–H groups in total. The molecule has 0 spiro atoms. The van der Waals surface area contributed by atoms with Gasteiger partial charge in [-0.15, -0.1) is 0 Å². The minimum atomic E-state index is -0.127. The highest BCUT2D eigenvalue weighted by Gasteiger charge is 2.45. The van der Waals surface area contributed by atoms with E-state index in [1.165, 1.54) is 31.3 Å². The van der Waals surface area contributed by atoms with Crippen LogP contribution in [0.1, 0.15) is 52.9 Å². The Hall–Kier alpha value is -0.300. The van der Waals surface area contributed by atoms with E-state index in [9.17, 15) is 5.11 Å². The molecule has 2 aliphatic rings. The number of rotatable bonds is 0. The lowest BCUT2D eigenvalue weighted by molar-refractivity contribution is -0.0138. The summed E-state index contributed by atoms with van der Waals surface area (Å²) in [4.78, 5) is 0. The molecule has 80 valence electrons. The molecule has 14 heavy (non-hydrogen) atoms. The minimum Gasteiger partial charge on any atom is -0.392 e. The van der Waals surface area contributed by atoms with Crippen molar-refractivity contribution in [3.63, 3.8) is 0 Å². The van der Waals surface area contributed by atoms with E-state index in [1.54, 1.807) is 0 Å². The summed E-state index contributed by atoms with van der Waals surface area (Å²) in [5.74, 6) is 0. The van der Waals surface area contributed by atoms with Crippen molar-refractivity contribution in [3.05, 3.63) is 11.6 Å². The van der Waals surface area contributed by atoms with E-state index in [2.05, 4.69) is 26.8 Å². The third-order valence-electron chi connectivity index (χ3n) is 4.17. The van der Waals surface area contributed by atoms with Crippen LogP contribution in [0.5, 0.6) is 0 Å². The first-order valence-corrected chi connectivity index (χ1v) is 5.82. The second kappa shape index (κ2) is 3.10. The SMILES string of the molecule is CC1(C)CC2=CCCC[C@@]2(C)[C@H](O)C1. The molecule has 0 aliphatic heterocycles. The molecule has 0 unspecified atom stereocenters. The molecule has 0 saturated heterocycles. The van der Waals surface area contributed by atoms with E-state index in [0.29, 0.717) is 5.41 Å². The lowest BCUT2D eigenvalue weighted by atomic mass is 9.58. The predicted molar refractivity (Wildman–Crippen MR) is 59.1 cm³/mol. The molecule has 2 atom stereocenters. The Morgan fingerprint density at radius 2 is 2.07 bits per heavy atom. The average molecular weight is 194 g/mol. The molecule has 1 saturated carbocycles. The Balaban J connectivity index is 2.31. The lowest BCUT2D eigenvalue weighted by Gasteiger charge is -2.49. The minimum absolute atomic E-state index is 0.105. The molecule has 2 aliphatic carbocycles. The summed E-state index contributed by atoms with van der Waals surface area (Å²) < 4.78 is 0. The molecule has 1 heteroatoms. The van der Waals surface area contributed by atoms with E-state index < -0.39 is 0 Å². The Morgan fingerprint density at radius 3 is 2.79 bits per heavy atom. The molecule has 0 heterocycles. The van der Waals surface area contributed by atoms with Crippen LogP contribution in [0.15, 0.2) is 11.6 Å². The van der Waals surface area contributed by atoms with Gasteiger partial charge in [0, 0.05) is 5.41 Å². The molecular formula is C13H22O. The van der Waals surface area contributed by atoms with E-state index in [4.69, 9.17) is 0 Å². The lowest BCUT2D eigenvalue weighted by Crippen LogP contribution is -2.44. The van der Waals surface area contributed by atoms with Crippen LogP contribution < -0.4 is 0 Å². The average Bonchev–Trinajstić information content (AvgIpc) is 2.06. The third-order valence-corrected chi connectivity index (χ3v) is 4.17. The Kier molecular flexibility index (Phi) is 2.26. The zero-order valence-electron chi connectivity index (χ0n) is 9.64. The topological polar surface area (TPSA) is 20.2 Å². The van der Waals surface area contributed by atoms with E-state index >= 15 is 0 Å². The number of allylic oxidation sites excluding steroid dienone is 1. The van der Waals surface area contributed by atoms with Gasteiger partial charge in [0.15, 0.2) is 0 Å². The van der Waals surface area contributed by atoms with Crippen molar-refractivity contribution < 1.29 is 5.11 Å². The first-order chi connectivity index (χ1) is 6.44. The maximum atomic E-state index is 10.3. The first kappa shape index (κ1) is 10.2. The summed E-state index contributed by atoms with van der Waals surface area (Å²) in [6.07, 6.45) is 8.04. The number of fused-ring (bicyclic) bond motifs is 1. The second-order valence-corrected chi connectivity index (χ2v) is 6.10. The maximum absolute atomic E-state index is 10.3. The molecular weight excluding hydrogens is 172 g/mol. The van der Waals surface area contributed by atoms with Gasteiger partial charge in [-0.2, -0.15) is 0 Å². The summed E-state index contributed by atoms with van der Waals surface area (Å²) in [5, 5.41) is 10.3. The monoisotopic (exact) mass is 194 g/mol. The smallest absolute Gasteiger partial charge is 0.0636 e. The van der Waals surface area contributed by atoms with Crippen LogP contribution >= 0.6 is 0 Å². The highest BCUT2D eigenvalue weighted by atomic mass is 16.3. The van der Waals surface area contributed by atoms with Crippen LogP contribution in [0.25, 0.3) is 0 Å². The quantitative estimate of drug-likeness (QED) is 0.587. The van der Waals surface area contributed by atoms with E-state index in [-0.39, 0.29) is 11.5 Å². The van der Waals surface area contributed by atoms with Gasteiger partial charge in [0.1, 0.15) is 0 Å². The standard InChI is InChI=1S/C13H22O/c1-12(2)8-10-6-4-5-7-13(10,3)11(14)9-12/h6,11,14H,4-5,7-9H2,1-3H3/t11-,13-/m1/s1. The first-order valence-electron chi connectivity index (χ1n) is 5.82. The molecule has 1 fully saturated rings. The Labute approximate surface area is 87.2 Å². The van der Waals surface area contributed by atoms with Crippen LogP contribution in [0.3, 0.4) is 0 Å². The fourth-order valence-corrected chi connectivity index (χ4v) is 3.13. The molecule has 0 bridgehead atoms. The molecule has 1 nitrogen and oxygen atoms in total. The zero-order valence-corrected chi connectivity index (χ0v) is 9.64. The fraction of sp³-hybridized carbons (Fsp3) is 0.846.